The van der Waals surface area contributed by atoms with Crippen molar-refractivity contribution in [2.24, 2.45) is 0 Å². The standard InChI is InChI=1S/C8H12F3NO2/c9-8(10,11)3-5-12-4-1-2-6(12)7(13)14/h6H,1-5H2,(H,13,14)/t6-/m0/s1. The van der Waals surface area contributed by atoms with Crippen LogP contribution < -0.4 is 0 Å². The molecule has 82 valence electrons. The van der Waals surface area contributed by atoms with Crippen molar-refractivity contribution in [3.63, 3.8) is 0 Å². The van der Waals surface area contributed by atoms with Gasteiger partial charge in [0.2, 0.25) is 0 Å². The van der Waals surface area contributed by atoms with Gasteiger partial charge in [-0.3, -0.25) is 9.69 Å². The molecular weight excluding hydrogens is 199 g/mol. The number of alkyl halides is 3. The third kappa shape index (κ3) is 3.17. The Bertz CT molecular complexity index is 217. The average molecular weight is 211 g/mol. The van der Waals surface area contributed by atoms with Gasteiger partial charge in [-0.05, 0) is 19.4 Å². The topological polar surface area (TPSA) is 40.5 Å². The second-order valence-corrected chi connectivity index (χ2v) is 3.40. The van der Waals surface area contributed by atoms with Crippen molar-refractivity contribution < 1.29 is 23.1 Å². The van der Waals surface area contributed by atoms with Gasteiger partial charge < -0.3 is 5.11 Å². The minimum absolute atomic E-state index is 0.208. The lowest BCUT2D eigenvalue weighted by Gasteiger charge is -2.21. The molecule has 0 aliphatic carbocycles. The van der Waals surface area contributed by atoms with E-state index in [0.29, 0.717) is 19.4 Å². The number of carbonyl (C=O) groups is 1. The molecule has 1 aliphatic heterocycles. The summed E-state index contributed by atoms with van der Waals surface area (Å²) >= 11 is 0. The third-order valence-electron chi connectivity index (χ3n) is 2.33. The lowest BCUT2D eigenvalue weighted by Crippen LogP contribution is -2.37. The number of likely N-dealkylation sites (tertiary alicyclic amines) is 1. The minimum atomic E-state index is -4.20. The zero-order valence-corrected chi connectivity index (χ0v) is 7.55. The summed E-state index contributed by atoms with van der Waals surface area (Å²) in [4.78, 5) is 12.0. The normalized spacial score (nSPS) is 24.1. The van der Waals surface area contributed by atoms with Gasteiger partial charge >= 0.3 is 12.1 Å². The Labute approximate surface area is 79.5 Å². The third-order valence-corrected chi connectivity index (χ3v) is 2.33. The second kappa shape index (κ2) is 4.16. The molecule has 3 nitrogen and oxygen atoms in total. The Hall–Kier alpha value is -0.780. The van der Waals surface area contributed by atoms with Gasteiger partial charge in [0.25, 0.3) is 0 Å². The zero-order valence-electron chi connectivity index (χ0n) is 7.55. The van der Waals surface area contributed by atoms with E-state index >= 15 is 0 Å². The van der Waals surface area contributed by atoms with Gasteiger partial charge in [0, 0.05) is 6.54 Å². The van der Waals surface area contributed by atoms with E-state index in [-0.39, 0.29) is 6.54 Å². The first kappa shape index (κ1) is 11.3. The van der Waals surface area contributed by atoms with Gasteiger partial charge in [-0.25, -0.2) is 0 Å². The maximum Gasteiger partial charge on any atom is 0.390 e. The van der Waals surface area contributed by atoms with Gasteiger partial charge in [0.15, 0.2) is 0 Å². The number of halogens is 3. The van der Waals surface area contributed by atoms with Gasteiger partial charge in [-0.1, -0.05) is 0 Å². The van der Waals surface area contributed by atoms with E-state index in [9.17, 15) is 18.0 Å². The molecule has 1 rings (SSSR count). The van der Waals surface area contributed by atoms with Crippen molar-refractivity contribution >= 4 is 5.97 Å². The van der Waals surface area contributed by atoms with Gasteiger partial charge in [0.05, 0.1) is 6.42 Å². The van der Waals surface area contributed by atoms with Crippen LogP contribution in [-0.4, -0.2) is 41.3 Å². The van der Waals surface area contributed by atoms with Crippen molar-refractivity contribution in [3.05, 3.63) is 0 Å². The minimum Gasteiger partial charge on any atom is -0.480 e. The van der Waals surface area contributed by atoms with Crippen LogP contribution in [0.3, 0.4) is 0 Å². The number of carboxylic acids is 1. The van der Waals surface area contributed by atoms with Crippen LogP contribution in [0.15, 0.2) is 0 Å². The van der Waals surface area contributed by atoms with Crippen molar-refractivity contribution in [1.29, 1.82) is 0 Å². The van der Waals surface area contributed by atoms with E-state index < -0.39 is 24.6 Å². The highest BCUT2D eigenvalue weighted by Crippen LogP contribution is 2.23. The zero-order chi connectivity index (χ0) is 10.8. The highest BCUT2D eigenvalue weighted by molar-refractivity contribution is 5.73. The van der Waals surface area contributed by atoms with Crippen LogP contribution in [0.25, 0.3) is 0 Å². The van der Waals surface area contributed by atoms with E-state index in [2.05, 4.69) is 0 Å². The molecule has 1 heterocycles. The molecule has 0 unspecified atom stereocenters. The maximum atomic E-state index is 11.9. The fourth-order valence-electron chi connectivity index (χ4n) is 1.64. The lowest BCUT2D eigenvalue weighted by molar-refractivity contribution is -0.148. The highest BCUT2D eigenvalue weighted by atomic mass is 19.4. The summed E-state index contributed by atoms with van der Waals surface area (Å²) < 4.78 is 35.6. The summed E-state index contributed by atoms with van der Waals surface area (Å²) in [6.07, 6.45) is -4.02. The summed E-state index contributed by atoms with van der Waals surface area (Å²) in [5.41, 5.74) is 0. The molecule has 1 fully saturated rings. The summed E-state index contributed by atoms with van der Waals surface area (Å²) in [6, 6.07) is -0.725. The number of hydrogen-bond acceptors (Lipinski definition) is 2. The molecule has 0 aromatic rings. The molecule has 0 aromatic carbocycles. The molecular formula is C8H12F3NO2. The monoisotopic (exact) mass is 211 g/mol. The first-order chi connectivity index (χ1) is 6.40. The molecule has 0 bridgehead atoms. The Morgan fingerprint density at radius 3 is 2.64 bits per heavy atom. The summed E-state index contributed by atoms with van der Waals surface area (Å²) in [5, 5.41) is 8.69. The van der Waals surface area contributed by atoms with Crippen molar-refractivity contribution in [2.45, 2.75) is 31.5 Å². The number of carboxylic acid groups (broad SMARTS) is 1. The lowest BCUT2D eigenvalue weighted by atomic mass is 10.2. The molecule has 1 N–H and O–H groups in total. The smallest absolute Gasteiger partial charge is 0.390 e. The molecule has 0 amide bonds. The molecule has 0 aromatic heterocycles. The average Bonchev–Trinajstić information content (AvgIpc) is 2.46. The number of nitrogens with zero attached hydrogens (tertiary/aromatic N) is 1. The number of rotatable bonds is 3. The quantitative estimate of drug-likeness (QED) is 0.768. The van der Waals surface area contributed by atoms with Gasteiger partial charge in [-0.2, -0.15) is 13.2 Å². The number of hydrogen-bond donors (Lipinski definition) is 1. The SMILES string of the molecule is O=C(O)[C@@H]1CCCN1CCC(F)(F)F. The molecule has 0 radical (unpaired) electrons. The molecule has 14 heavy (non-hydrogen) atoms. The second-order valence-electron chi connectivity index (χ2n) is 3.40. The van der Waals surface area contributed by atoms with Crippen LogP contribution >= 0.6 is 0 Å². The van der Waals surface area contributed by atoms with Crippen LogP contribution in [0.5, 0.6) is 0 Å². The summed E-state index contributed by atoms with van der Waals surface area (Å²) in [7, 11) is 0. The van der Waals surface area contributed by atoms with Gasteiger partial charge in [-0.15, -0.1) is 0 Å². The van der Waals surface area contributed by atoms with E-state index in [1.165, 1.54) is 4.90 Å². The van der Waals surface area contributed by atoms with Crippen molar-refractivity contribution in [2.75, 3.05) is 13.1 Å². The highest BCUT2D eigenvalue weighted by Gasteiger charge is 2.34. The van der Waals surface area contributed by atoms with Gasteiger partial charge in [0.1, 0.15) is 6.04 Å². The van der Waals surface area contributed by atoms with Crippen LogP contribution in [0.2, 0.25) is 0 Å². The summed E-state index contributed by atoms with van der Waals surface area (Å²) in [6.45, 7) is 0.244. The van der Waals surface area contributed by atoms with Crippen LogP contribution in [-0.2, 0) is 4.79 Å². The van der Waals surface area contributed by atoms with Crippen molar-refractivity contribution in [3.8, 4) is 0 Å². The Morgan fingerprint density at radius 2 is 2.14 bits per heavy atom. The molecule has 1 aliphatic rings. The molecule has 1 atom stereocenters. The predicted octanol–water partition coefficient (Wildman–Crippen LogP) is 1.49. The molecule has 6 heteroatoms. The number of aliphatic carboxylic acids is 1. The van der Waals surface area contributed by atoms with Crippen LogP contribution in [0.1, 0.15) is 19.3 Å². The van der Waals surface area contributed by atoms with E-state index in [1.807, 2.05) is 0 Å². The van der Waals surface area contributed by atoms with Crippen LogP contribution in [0.4, 0.5) is 13.2 Å². The Balaban J connectivity index is 2.40. The van der Waals surface area contributed by atoms with Crippen LogP contribution in [0, 0.1) is 0 Å². The molecule has 1 saturated heterocycles. The van der Waals surface area contributed by atoms with E-state index in [1.54, 1.807) is 0 Å². The molecule has 0 saturated carbocycles. The van der Waals surface area contributed by atoms with Crippen molar-refractivity contribution in [1.82, 2.24) is 4.90 Å². The van der Waals surface area contributed by atoms with E-state index in [0.717, 1.165) is 0 Å². The first-order valence-electron chi connectivity index (χ1n) is 4.44. The fourth-order valence-corrected chi connectivity index (χ4v) is 1.64. The Kier molecular flexibility index (Phi) is 3.36. The Morgan fingerprint density at radius 1 is 1.50 bits per heavy atom. The first-order valence-corrected chi connectivity index (χ1v) is 4.44. The fraction of sp³-hybridized carbons (Fsp3) is 0.875. The molecule has 0 spiro atoms. The maximum absolute atomic E-state index is 11.9. The largest absolute Gasteiger partial charge is 0.480 e. The van der Waals surface area contributed by atoms with E-state index in [4.69, 9.17) is 5.11 Å². The predicted molar refractivity (Wildman–Crippen MR) is 42.9 cm³/mol. The summed E-state index contributed by atoms with van der Waals surface area (Å²) in [5.74, 6) is -1.02.